The summed E-state index contributed by atoms with van der Waals surface area (Å²) < 4.78 is 11.9. The Morgan fingerprint density at radius 1 is 1.15 bits per heavy atom. The van der Waals surface area contributed by atoms with Gasteiger partial charge in [-0.15, -0.1) is 31.7 Å². The number of rotatable bonds is 5. The second-order valence-electron chi connectivity index (χ2n) is 3.56. The lowest BCUT2D eigenvalue weighted by atomic mass is 10.5. The number of halogens is 1. The predicted molar refractivity (Wildman–Crippen MR) is 77.1 cm³/mol. The average molecular weight is 374 g/mol. The van der Waals surface area contributed by atoms with E-state index in [0.717, 1.165) is 8.66 Å². The van der Waals surface area contributed by atoms with Gasteiger partial charge in [0.05, 0.1) is 21.0 Å². The van der Waals surface area contributed by atoms with E-state index in [2.05, 4.69) is 36.3 Å². The third kappa shape index (κ3) is 3.08. The topological polar surface area (TPSA) is 104 Å². The van der Waals surface area contributed by atoms with Gasteiger partial charge in [-0.3, -0.25) is 0 Å². The second-order valence-corrected chi connectivity index (χ2v) is 6.95. The number of thioether (sulfide) groups is 1. The number of aromatic nitrogens is 4. The highest BCUT2D eigenvalue weighted by Crippen LogP contribution is 2.31. The Kier molecular flexibility index (Phi) is 4.15. The molecule has 3 aromatic heterocycles. The van der Waals surface area contributed by atoms with E-state index in [1.54, 1.807) is 0 Å². The fourth-order valence-electron chi connectivity index (χ4n) is 1.34. The lowest BCUT2D eigenvalue weighted by molar-refractivity contribution is 0.414. The van der Waals surface area contributed by atoms with Crippen molar-refractivity contribution in [3.05, 3.63) is 27.7 Å². The Bertz CT molecular complexity index is 710. The van der Waals surface area contributed by atoms with Crippen molar-refractivity contribution in [2.45, 2.75) is 17.5 Å². The summed E-state index contributed by atoms with van der Waals surface area (Å²) in [5.41, 5.74) is 5.39. The van der Waals surface area contributed by atoms with Crippen LogP contribution in [-0.4, -0.2) is 20.4 Å². The summed E-state index contributed by atoms with van der Waals surface area (Å²) in [4.78, 5) is 0.920. The van der Waals surface area contributed by atoms with Crippen LogP contribution in [0.4, 0.5) is 0 Å². The fourth-order valence-corrected chi connectivity index (χ4v) is 3.27. The minimum atomic E-state index is 0.228. The second kappa shape index (κ2) is 6.04. The molecule has 3 rings (SSSR count). The van der Waals surface area contributed by atoms with Gasteiger partial charge in [-0.1, -0.05) is 11.8 Å². The highest BCUT2D eigenvalue weighted by atomic mass is 79.9. The maximum absolute atomic E-state index is 5.57. The third-order valence-corrected chi connectivity index (χ3v) is 4.61. The largest absolute Gasteiger partial charge is 0.419 e. The molecule has 0 unspecified atom stereocenters. The molecule has 104 valence electrons. The Labute approximate surface area is 130 Å². The molecular formula is C10H8BrN5O2S2. The Morgan fingerprint density at radius 3 is 2.70 bits per heavy atom. The van der Waals surface area contributed by atoms with Gasteiger partial charge >= 0.3 is 0 Å². The van der Waals surface area contributed by atoms with Crippen molar-refractivity contribution in [3.8, 4) is 10.8 Å². The van der Waals surface area contributed by atoms with Crippen LogP contribution in [0.25, 0.3) is 10.8 Å². The van der Waals surface area contributed by atoms with Crippen LogP contribution in [-0.2, 0) is 12.3 Å². The quantitative estimate of drug-likeness (QED) is 0.680. The summed E-state index contributed by atoms with van der Waals surface area (Å²) in [5, 5.41) is 16.0. The van der Waals surface area contributed by atoms with E-state index in [4.69, 9.17) is 14.6 Å². The van der Waals surface area contributed by atoms with Crippen LogP contribution in [0.3, 0.4) is 0 Å². The monoisotopic (exact) mass is 373 g/mol. The van der Waals surface area contributed by atoms with Crippen molar-refractivity contribution in [2.75, 3.05) is 0 Å². The summed E-state index contributed by atoms with van der Waals surface area (Å²) >= 11 is 6.25. The van der Waals surface area contributed by atoms with Crippen LogP contribution in [0.1, 0.15) is 11.8 Å². The van der Waals surface area contributed by atoms with Crippen molar-refractivity contribution >= 4 is 39.0 Å². The van der Waals surface area contributed by atoms with Crippen molar-refractivity contribution in [1.82, 2.24) is 20.4 Å². The van der Waals surface area contributed by atoms with E-state index in [1.165, 1.54) is 23.1 Å². The molecule has 0 spiro atoms. The number of thiophene rings is 1. The molecule has 2 N–H and O–H groups in total. The first-order valence-corrected chi connectivity index (χ1v) is 8.07. The van der Waals surface area contributed by atoms with Crippen molar-refractivity contribution < 1.29 is 8.83 Å². The van der Waals surface area contributed by atoms with Gasteiger partial charge in [-0.25, -0.2) is 0 Å². The Balaban J connectivity index is 1.65. The SMILES string of the molecule is NCc1nnc(SCc2nnc(-c3ccc(Br)s3)o2)o1. The number of hydrogen-bond acceptors (Lipinski definition) is 9. The number of hydrogen-bond donors (Lipinski definition) is 1. The molecule has 20 heavy (non-hydrogen) atoms. The van der Waals surface area contributed by atoms with E-state index in [1.807, 2.05) is 12.1 Å². The molecular weight excluding hydrogens is 366 g/mol. The molecule has 0 aliphatic heterocycles. The molecule has 0 atom stereocenters. The van der Waals surface area contributed by atoms with E-state index in [0.29, 0.717) is 28.6 Å². The smallest absolute Gasteiger partial charge is 0.277 e. The van der Waals surface area contributed by atoms with Gasteiger partial charge < -0.3 is 14.6 Å². The van der Waals surface area contributed by atoms with Gasteiger partial charge in [0.15, 0.2) is 0 Å². The highest BCUT2D eigenvalue weighted by Gasteiger charge is 2.12. The first kappa shape index (κ1) is 13.7. The molecule has 3 aromatic rings. The zero-order chi connectivity index (χ0) is 13.9. The minimum Gasteiger partial charge on any atom is -0.419 e. The lowest BCUT2D eigenvalue weighted by Gasteiger charge is -1.90. The van der Waals surface area contributed by atoms with Gasteiger partial charge in [0.2, 0.25) is 11.8 Å². The zero-order valence-electron chi connectivity index (χ0n) is 9.95. The molecule has 0 aliphatic carbocycles. The molecule has 3 heterocycles. The van der Waals surface area contributed by atoms with Crippen LogP contribution in [0.2, 0.25) is 0 Å². The van der Waals surface area contributed by atoms with Crippen LogP contribution in [0.15, 0.2) is 30.0 Å². The number of nitrogens with two attached hydrogens (primary N) is 1. The molecule has 0 aliphatic rings. The molecule has 0 radical (unpaired) electrons. The van der Waals surface area contributed by atoms with Crippen LogP contribution in [0.5, 0.6) is 0 Å². The maximum Gasteiger partial charge on any atom is 0.277 e. The molecule has 7 nitrogen and oxygen atoms in total. The van der Waals surface area contributed by atoms with Crippen molar-refractivity contribution in [2.24, 2.45) is 5.73 Å². The Hall–Kier alpha value is -1.23. The van der Waals surface area contributed by atoms with Gasteiger partial charge in [0.25, 0.3) is 11.1 Å². The van der Waals surface area contributed by atoms with Crippen molar-refractivity contribution in [1.29, 1.82) is 0 Å². The standard InChI is InChI=1S/C10H8BrN5O2S2/c11-6-2-1-5(20-6)9-15-14-8(17-9)4-19-10-16-13-7(3-12)18-10/h1-2H,3-4,12H2. The summed E-state index contributed by atoms with van der Waals surface area (Å²) in [7, 11) is 0. The van der Waals surface area contributed by atoms with Crippen LogP contribution < -0.4 is 5.73 Å². The minimum absolute atomic E-state index is 0.228. The third-order valence-electron chi connectivity index (χ3n) is 2.19. The van der Waals surface area contributed by atoms with Gasteiger partial charge in [0.1, 0.15) is 0 Å². The summed E-state index contributed by atoms with van der Waals surface area (Å²) in [6, 6.07) is 3.86. The van der Waals surface area contributed by atoms with E-state index < -0.39 is 0 Å². The average Bonchev–Trinajstić information content (AvgIpc) is 3.16. The molecule has 0 saturated heterocycles. The van der Waals surface area contributed by atoms with Crippen LogP contribution >= 0.6 is 39.0 Å². The molecule has 10 heteroatoms. The van der Waals surface area contributed by atoms with Gasteiger partial charge in [-0.05, 0) is 28.1 Å². The summed E-state index contributed by atoms with van der Waals surface area (Å²) in [6.07, 6.45) is 0. The normalized spacial score (nSPS) is 11.1. The fraction of sp³-hybridized carbons (Fsp3) is 0.200. The predicted octanol–water partition coefficient (Wildman–Crippen LogP) is 2.69. The molecule has 0 saturated carbocycles. The lowest BCUT2D eigenvalue weighted by Crippen LogP contribution is -1.95. The molecule has 0 amide bonds. The van der Waals surface area contributed by atoms with E-state index in [9.17, 15) is 0 Å². The van der Waals surface area contributed by atoms with Gasteiger partial charge in [-0.2, -0.15) is 0 Å². The van der Waals surface area contributed by atoms with E-state index in [-0.39, 0.29) is 6.54 Å². The van der Waals surface area contributed by atoms with Gasteiger partial charge in [0, 0.05) is 0 Å². The maximum atomic E-state index is 5.57. The zero-order valence-corrected chi connectivity index (χ0v) is 13.2. The number of nitrogens with zero attached hydrogens (tertiary/aromatic N) is 4. The molecule has 0 fully saturated rings. The summed E-state index contributed by atoms with van der Waals surface area (Å²) in [5.74, 6) is 1.87. The van der Waals surface area contributed by atoms with Crippen molar-refractivity contribution in [3.63, 3.8) is 0 Å². The van der Waals surface area contributed by atoms with E-state index >= 15 is 0 Å². The molecule has 0 bridgehead atoms. The molecule has 0 aromatic carbocycles. The summed E-state index contributed by atoms with van der Waals surface area (Å²) in [6.45, 7) is 0.228. The first-order chi connectivity index (χ1) is 9.74. The van der Waals surface area contributed by atoms with Crippen LogP contribution in [0, 0.1) is 0 Å². The highest BCUT2D eigenvalue weighted by molar-refractivity contribution is 9.11. The first-order valence-electron chi connectivity index (χ1n) is 5.48. The Morgan fingerprint density at radius 2 is 2.00 bits per heavy atom.